The lowest BCUT2D eigenvalue weighted by Crippen LogP contribution is -2.29. The van der Waals surface area contributed by atoms with Crippen molar-refractivity contribution in [2.75, 3.05) is 6.54 Å². The smallest absolute Gasteiger partial charge is 0.115 e. The molecule has 0 radical (unpaired) electrons. The van der Waals surface area contributed by atoms with Crippen molar-refractivity contribution >= 4 is 48.8 Å². The summed E-state index contributed by atoms with van der Waals surface area (Å²) in [5.41, 5.74) is 2.49. The van der Waals surface area contributed by atoms with E-state index in [4.69, 9.17) is 4.98 Å². The average molecular weight is 351 g/mol. The number of nitrogens with one attached hydrogen (secondary N) is 1. The van der Waals surface area contributed by atoms with Gasteiger partial charge in [-0.15, -0.1) is 22.7 Å². The molecule has 1 aromatic carbocycles. The van der Waals surface area contributed by atoms with Crippen molar-refractivity contribution in [2.24, 2.45) is 0 Å². The lowest BCUT2D eigenvalue weighted by molar-refractivity contribution is 0.573. The summed E-state index contributed by atoms with van der Waals surface area (Å²) in [6, 6.07) is 8.81. The van der Waals surface area contributed by atoms with Gasteiger partial charge in [0.1, 0.15) is 5.01 Å². The minimum absolute atomic E-state index is 0.270. The number of thiazole rings is 1. The first-order valence-corrected chi connectivity index (χ1v) is 8.66. The second-order valence-corrected chi connectivity index (χ2v) is 7.58. The highest BCUT2D eigenvalue weighted by atomic mass is 79.9. The van der Waals surface area contributed by atoms with Gasteiger partial charge in [-0.1, -0.05) is 15.9 Å². The fourth-order valence-electron chi connectivity index (χ4n) is 2.51. The third kappa shape index (κ3) is 2.05. The predicted molar refractivity (Wildman–Crippen MR) is 85.2 cm³/mol. The van der Waals surface area contributed by atoms with Gasteiger partial charge in [0.25, 0.3) is 0 Å². The molecule has 0 saturated heterocycles. The highest BCUT2D eigenvalue weighted by Gasteiger charge is 2.24. The molecule has 2 nitrogen and oxygen atoms in total. The fourth-order valence-corrected chi connectivity index (χ4v) is 4.83. The second kappa shape index (κ2) is 4.66. The highest BCUT2D eigenvalue weighted by molar-refractivity contribution is 9.10. The van der Waals surface area contributed by atoms with Gasteiger partial charge in [0.05, 0.1) is 16.3 Å². The Balaban J connectivity index is 1.83. The number of halogens is 1. The summed E-state index contributed by atoms with van der Waals surface area (Å²) >= 11 is 7.16. The Morgan fingerprint density at radius 2 is 2.26 bits per heavy atom. The van der Waals surface area contributed by atoms with Gasteiger partial charge in [0, 0.05) is 15.9 Å². The van der Waals surface area contributed by atoms with E-state index in [-0.39, 0.29) is 6.04 Å². The van der Waals surface area contributed by atoms with Crippen molar-refractivity contribution < 1.29 is 0 Å². The Hall–Kier alpha value is -0.750. The maximum Gasteiger partial charge on any atom is 0.115 e. The monoisotopic (exact) mass is 350 g/mol. The van der Waals surface area contributed by atoms with E-state index in [0.29, 0.717) is 0 Å². The van der Waals surface area contributed by atoms with E-state index in [1.165, 1.54) is 20.1 Å². The van der Waals surface area contributed by atoms with Crippen LogP contribution >= 0.6 is 38.6 Å². The Kier molecular flexibility index (Phi) is 2.95. The van der Waals surface area contributed by atoms with E-state index in [9.17, 15) is 0 Å². The summed E-state index contributed by atoms with van der Waals surface area (Å²) < 4.78 is 2.34. The first kappa shape index (κ1) is 12.0. The molecule has 5 heteroatoms. The zero-order valence-electron chi connectivity index (χ0n) is 10.0. The van der Waals surface area contributed by atoms with Crippen molar-refractivity contribution in [1.82, 2.24) is 10.3 Å². The molecule has 1 aliphatic rings. The highest BCUT2D eigenvalue weighted by Crippen LogP contribution is 2.36. The zero-order chi connectivity index (χ0) is 12.8. The minimum Gasteiger partial charge on any atom is -0.304 e. The van der Waals surface area contributed by atoms with Gasteiger partial charge < -0.3 is 5.32 Å². The van der Waals surface area contributed by atoms with Gasteiger partial charge in [-0.3, -0.25) is 0 Å². The van der Waals surface area contributed by atoms with Crippen LogP contribution in [0.25, 0.3) is 10.2 Å². The largest absolute Gasteiger partial charge is 0.304 e. The Morgan fingerprint density at radius 3 is 3.21 bits per heavy atom. The molecule has 1 N–H and O–H groups in total. The molecule has 2 aromatic heterocycles. The molecule has 0 fully saturated rings. The van der Waals surface area contributed by atoms with Crippen molar-refractivity contribution in [3.63, 3.8) is 0 Å². The van der Waals surface area contributed by atoms with Crippen LogP contribution in [0.3, 0.4) is 0 Å². The van der Waals surface area contributed by atoms with E-state index >= 15 is 0 Å². The number of hydrogen-bond donors (Lipinski definition) is 1. The fraction of sp³-hybridized carbons (Fsp3) is 0.214. The number of hydrogen-bond acceptors (Lipinski definition) is 4. The molecular weight excluding hydrogens is 340 g/mol. The summed E-state index contributed by atoms with van der Waals surface area (Å²) in [7, 11) is 0. The SMILES string of the molecule is Brc1ccc2sc(C3NCCc4sccc43)nc2c1. The number of fused-ring (bicyclic) bond motifs is 2. The molecule has 1 unspecified atom stereocenters. The molecule has 1 atom stereocenters. The average Bonchev–Trinajstić information content (AvgIpc) is 3.03. The van der Waals surface area contributed by atoms with E-state index in [2.05, 4.69) is 50.9 Å². The first-order chi connectivity index (χ1) is 9.31. The maximum absolute atomic E-state index is 4.81. The van der Waals surface area contributed by atoms with Crippen LogP contribution in [-0.2, 0) is 6.42 Å². The van der Waals surface area contributed by atoms with Gasteiger partial charge in [-0.2, -0.15) is 0 Å². The summed E-state index contributed by atoms with van der Waals surface area (Å²) in [4.78, 5) is 6.31. The quantitative estimate of drug-likeness (QED) is 0.705. The predicted octanol–water partition coefficient (Wildman–Crippen LogP) is 4.36. The molecule has 3 heterocycles. The van der Waals surface area contributed by atoms with Crippen LogP contribution in [0.2, 0.25) is 0 Å². The van der Waals surface area contributed by atoms with Crippen LogP contribution in [0.1, 0.15) is 21.5 Å². The van der Waals surface area contributed by atoms with Gasteiger partial charge in [0.15, 0.2) is 0 Å². The third-order valence-electron chi connectivity index (χ3n) is 3.40. The summed E-state index contributed by atoms with van der Waals surface area (Å²) in [6.45, 7) is 1.04. The zero-order valence-corrected chi connectivity index (χ0v) is 13.2. The molecule has 3 aromatic rings. The summed E-state index contributed by atoms with van der Waals surface area (Å²) in [5.74, 6) is 0. The van der Waals surface area contributed by atoms with Gasteiger partial charge in [0.2, 0.25) is 0 Å². The van der Waals surface area contributed by atoms with Crippen molar-refractivity contribution in [3.05, 3.63) is 49.6 Å². The number of thiophene rings is 1. The van der Waals surface area contributed by atoms with Gasteiger partial charge >= 0.3 is 0 Å². The van der Waals surface area contributed by atoms with Crippen LogP contribution in [0.5, 0.6) is 0 Å². The Labute approximate surface area is 127 Å². The molecule has 4 rings (SSSR count). The molecule has 0 saturated carbocycles. The lowest BCUT2D eigenvalue weighted by atomic mass is 10.0. The Bertz CT molecular complexity index is 747. The van der Waals surface area contributed by atoms with Crippen LogP contribution < -0.4 is 5.32 Å². The molecule has 1 aliphatic heterocycles. The van der Waals surface area contributed by atoms with Gasteiger partial charge in [-0.25, -0.2) is 4.98 Å². The summed E-state index contributed by atoms with van der Waals surface area (Å²) in [5, 5.41) is 6.96. The number of benzene rings is 1. The molecule has 0 bridgehead atoms. The number of nitrogens with zero attached hydrogens (tertiary/aromatic N) is 1. The van der Waals surface area contributed by atoms with Gasteiger partial charge in [-0.05, 0) is 41.6 Å². The van der Waals surface area contributed by atoms with E-state index < -0.39 is 0 Å². The summed E-state index contributed by atoms with van der Waals surface area (Å²) in [6.07, 6.45) is 1.14. The standard InChI is InChI=1S/C14H11BrN2S2/c15-8-1-2-12-10(7-8)17-14(19-12)13-9-4-6-18-11(9)3-5-16-13/h1-2,4,6-7,13,16H,3,5H2. The second-order valence-electron chi connectivity index (χ2n) is 4.60. The van der Waals surface area contributed by atoms with Crippen molar-refractivity contribution in [3.8, 4) is 0 Å². The van der Waals surface area contributed by atoms with E-state index in [1.807, 2.05) is 11.3 Å². The molecule has 96 valence electrons. The van der Waals surface area contributed by atoms with Crippen molar-refractivity contribution in [2.45, 2.75) is 12.5 Å². The Morgan fingerprint density at radius 1 is 1.32 bits per heavy atom. The minimum atomic E-state index is 0.270. The third-order valence-corrected chi connectivity index (χ3v) is 6.00. The normalized spacial score (nSPS) is 18.7. The lowest BCUT2D eigenvalue weighted by Gasteiger charge is -2.22. The van der Waals surface area contributed by atoms with E-state index in [0.717, 1.165) is 23.0 Å². The first-order valence-electron chi connectivity index (χ1n) is 6.17. The maximum atomic E-state index is 4.81. The van der Waals surface area contributed by atoms with Crippen LogP contribution in [0.15, 0.2) is 34.1 Å². The number of aromatic nitrogens is 1. The van der Waals surface area contributed by atoms with E-state index in [1.54, 1.807) is 11.3 Å². The van der Waals surface area contributed by atoms with Crippen LogP contribution in [-0.4, -0.2) is 11.5 Å². The van der Waals surface area contributed by atoms with Crippen LogP contribution in [0, 0.1) is 0 Å². The molecule has 0 spiro atoms. The molecule has 19 heavy (non-hydrogen) atoms. The molecule has 0 aliphatic carbocycles. The topological polar surface area (TPSA) is 24.9 Å². The van der Waals surface area contributed by atoms with Crippen LogP contribution in [0.4, 0.5) is 0 Å². The molecule has 0 amide bonds. The van der Waals surface area contributed by atoms with Crippen molar-refractivity contribution in [1.29, 1.82) is 0 Å². The number of rotatable bonds is 1. The molecular formula is C14H11BrN2S2.